The molecule has 1 saturated heterocycles. The third-order valence-electron chi connectivity index (χ3n) is 6.71. The first-order chi connectivity index (χ1) is 16.5. The summed E-state index contributed by atoms with van der Waals surface area (Å²) in [7, 11) is 1.63. The number of pyridine rings is 1. The Morgan fingerprint density at radius 3 is 2.83 bits per heavy atom. The van der Waals surface area contributed by atoms with E-state index >= 15 is 0 Å². The van der Waals surface area contributed by atoms with E-state index in [9.17, 15) is 15.0 Å². The van der Waals surface area contributed by atoms with Crippen LogP contribution in [0.15, 0.2) is 52.2 Å². The van der Waals surface area contributed by atoms with Gasteiger partial charge in [0.2, 0.25) is 0 Å². The van der Waals surface area contributed by atoms with E-state index in [1.165, 1.54) is 4.21 Å². The van der Waals surface area contributed by atoms with Crippen LogP contribution in [-0.2, 0) is 4.79 Å². The van der Waals surface area contributed by atoms with Crippen LogP contribution in [0, 0.1) is 11.8 Å². The van der Waals surface area contributed by atoms with Crippen molar-refractivity contribution in [2.75, 3.05) is 32.5 Å². The van der Waals surface area contributed by atoms with Crippen molar-refractivity contribution in [2.24, 2.45) is 11.8 Å². The summed E-state index contributed by atoms with van der Waals surface area (Å²) in [5.41, 5.74) is 1.68. The summed E-state index contributed by atoms with van der Waals surface area (Å²) in [6, 6.07) is 11.8. The van der Waals surface area contributed by atoms with E-state index in [0.717, 1.165) is 60.4 Å². The maximum atomic E-state index is 11.6. The maximum absolute atomic E-state index is 11.6. The van der Waals surface area contributed by atoms with Crippen molar-refractivity contribution < 1.29 is 19.7 Å². The number of likely N-dealkylation sites (tertiary alicyclic amines) is 1. The number of rotatable bonds is 11. The monoisotopic (exact) mass is 572 g/mol. The fourth-order valence-corrected chi connectivity index (χ4v) is 6.77. The number of aliphatic hydroxyl groups is 1. The lowest BCUT2D eigenvalue weighted by molar-refractivity contribution is -0.139. The number of carbonyl (C=O) groups is 1. The Morgan fingerprint density at radius 1 is 1.28 bits per heavy atom. The maximum Gasteiger partial charge on any atom is 0.303 e. The van der Waals surface area contributed by atoms with Gasteiger partial charge in [0, 0.05) is 36.8 Å². The van der Waals surface area contributed by atoms with E-state index in [0.29, 0.717) is 12.3 Å². The van der Waals surface area contributed by atoms with Crippen molar-refractivity contribution in [3.63, 3.8) is 0 Å². The quantitative estimate of drug-likeness (QED) is 0.266. The number of hydrogen-bond donors (Lipinski definition) is 2. The molecule has 2 aromatic heterocycles. The normalized spacial score (nSPS) is 18.7. The van der Waals surface area contributed by atoms with Gasteiger partial charge >= 0.3 is 5.97 Å². The number of aliphatic hydroxyl groups excluding tert-OH is 1. The van der Waals surface area contributed by atoms with Gasteiger partial charge in [-0.2, -0.15) is 0 Å². The number of carboxylic acid groups (broad SMARTS) is 1. The molecule has 4 rings (SSSR count). The second-order valence-electron chi connectivity index (χ2n) is 8.86. The smallest absolute Gasteiger partial charge is 0.303 e. The lowest BCUT2D eigenvalue weighted by atomic mass is 9.79. The van der Waals surface area contributed by atoms with E-state index < -0.39 is 12.1 Å². The average molecular weight is 574 g/mol. The first-order valence-electron chi connectivity index (χ1n) is 11.7. The molecule has 1 fully saturated rings. The third-order valence-corrected chi connectivity index (χ3v) is 8.82. The van der Waals surface area contributed by atoms with Crippen LogP contribution in [0.2, 0.25) is 0 Å². The van der Waals surface area contributed by atoms with Gasteiger partial charge in [-0.3, -0.25) is 9.78 Å². The van der Waals surface area contributed by atoms with Gasteiger partial charge in [-0.25, -0.2) is 0 Å². The summed E-state index contributed by atoms with van der Waals surface area (Å²) in [6.45, 7) is 2.77. The summed E-state index contributed by atoms with van der Waals surface area (Å²) < 4.78 is 6.68. The number of hydrogen-bond acceptors (Lipinski definition) is 7. The molecule has 1 aromatic carbocycles. The highest BCUT2D eigenvalue weighted by Crippen LogP contribution is 2.35. The van der Waals surface area contributed by atoms with Crippen molar-refractivity contribution in [1.82, 2.24) is 9.88 Å². The van der Waals surface area contributed by atoms with Crippen LogP contribution in [0.25, 0.3) is 10.9 Å². The molecule has 36 heavy (non-hydrogen) atoms. The topological polar surface area (TPSA) is 82.9 Å². The number of nitrogens with zero attached hydrogens (tertiary/aromatic N) is 2. The minimum Gasteiger partial charge on any atom is -0.497 e. The number of thioether (sulfide) groups is 1. The standard InChI is InChI=1S/C26H32N2O4S2.2ClH/c1-32-20-5-6-23-22(16-20)21(8-10-27-23)24(29)7-4-18-9-11-28(17-19(18)15-25(30)31)12-14-34-26-3-2-13-33-26;;/h2-3,5-6,8,10,13,16,18-19,24,29H,4,7,9,11-12,14-15,17H2,1H3,(H,30,31);2*1H/t18-,19+,24?;;/m1../s1. The molecule has 0 radical (unpaired) electrons. The van der Waals surface area contributed by atoms with Gasteiger partial charge in [0.1, 0.15) is 5.75 Å². The highest BCUT2D eigenvalue weighted by Gasteiger charge is 2.31. The second kappa shape index (κ2) is 15.0. The minimum atomic E-state index is -0.738. The third kappa shape index (κ3) is 8.23. The van der Waals surface area contributed by atoms with Crippen molar-refractivity contribution in [3.8, 4) is 5.75 Å². The molecule has 198 valence electrons. The Balaban J connectivity index is 0.00000228. The first-order valence-corrected chi connectivity index (χ1v) is 13.6. The predicted octanol–water partition coefficient (Wildman–Crippen LogP) is 6.17. The number of aromatic nitrogens is 1. The summed E-state index contributed by atoms with van der Waals surface area (Å²) in [5, 5.41) is 23.5. The Hall–Kier alpha value is -1.55. The molecule has 1 unspecified atom stereocenters. The number of aliphatic carboxylic acids is 1. The van der Waals surface area contributed by atoms with E-state index in [1.54, 1.807) is 24.6 Å². The van der Waals surface area contributed by atoms with Crippen molar-refractivity contribution in [3.05, 3.63) is 53.5 Å². The number of benzene rings is 1. The fraction of sp³-hybridized carbons (Fsp3) is 0.462. The van der Waals surface area contributed by atoms with Crippen LogP contribution in [0.3, 0.4) is 0 Å². The molecular formula is C26H34Cl2N2O4S2. The number of thiophene rings is 1. The van der Waals surface area contributed by atoms with Crippen LogP contribution < -0.4 is 4.74 Å². The van der Waals surface area contributed by atoms with Gasteiger partial charge in [-0.05, 0) is 78.9 Å². The molecule has 1 aliphatic rings. The number of fused-ring (bicyclic) bond motifs is 1. The van der Waals surface area contributed by atoms with E-state index in [-0.39, 0.29) is 37.2 Å². The molecule has 0 amide bonds. The molecule has 0 bridgehead atoms. The highest BCUT2D eigenvalue weighted by atomic mass is 35.5. The molecule has 3 heterocycles. The van der Waals surface area contributed by atoms with Gasteiger partial charge in [-0.15, -0.1) is 47.9 Å². The number of ether oxygens (including phenoxy) is 1. The van der Waals surface area contributed by atoms with Crippen molar-refractivity contribution >= 4 is 64.8 Å². The van der Waals surface area contributed by atoms with Crippen molar-refractivity contribution in [2.45, 2.75) is 36.0 Å². The molecule has 3 atom stereocenters. The minimum absolute atomic E-state index is 0. The molecule has 10 heteroatoms. The molecule has 0 aliphatic carbocycles. The molecule has 3 aromatic rings. The Morgan fingerprint density at radius 2 is 2.11 bits per heavy atom. The van der Waals surface area contributed by atoms with Gasteiger partial charge in [-0.1, -0.05) is 6.07 Å². The number of methoxy groups -OCH3 is 1. The van der Waals surface area contributed by atoms with Gasteiger partial charge in [0.15, 0.2) is 0 Å². The van der Waals surface area contributed by atoms with Crippen LogP contribution in [0.5, 0.6) is 5.75 Å². The zero-order chi connectivity index (χ0) is 23.9. The first kappa shape index (κ1) is 30.7. The molecule has 1 aliphatic heterocycles. The zero-order valence-corrected chi connectivity index (χ0v) is 23.5. The van der Waals surface area contributed by atoms with Gasteiger partial charge in [0.25, 0.3) is 0 Å². The Labute approximate surface area is 233 Å². The lowest BCUT2D eigenvalue weighted by Gasteiger charge is -2.38. The molecule has 6 nitrogen and oxygen atoms in total. The number of carboxylic acids is 1. The average Bonchev–Trinajstić information content (AvgIpc) is 3.36. The summed E-state index contributed by atoms with van der Waals surface area (Å²) in [5.74, 6) is 1.43. The second-order valence-corrected chi connectivity index (χ2v) is 11.2. The molecule has 2 N–H and O–H groups in total. The SMILES string of the molecule is COc1ccc2nccc(C(O)CC[C@@H]3CCN(CCSc4cccs4)C[C@@H]3CC(=O)O)c2c1.Cl.Cl. The predicted molar refractivity (Wildman–Crippen MR) is 152 cm³/mol. The Bertz CT molecular complexity index is 1090. The van der Waals surface area contributed by atoms with E-state index in [1.807, 2.05) is 36.0 Å². The number of halogens is 2. The van der Waals surface area contributed by atoms with Crippen LogP contribution in [-0.4, -0.2) is 58.6 Å². The highest BCUT2D eigenvalue weighted by molar-refractivity contribution is 8.01. The molecule has 0 spiro atoms. The largest absolute Gasteiger partial charge is 0.497 e. The van der Waals surface area contributed by atoms with Crippen LogP contribution >= 0.6 is 47.9 Å². The van der Waals surface area contributed by atoms with Gasteiger partial charge < -0.3 is 19.8 Å². The number of piperidine rings is 1. The van der Waals surface area contributed by atoms with E-state index in [2.05, 4.69) is 27.4 Å². The zero-order valence-electron chi connectivity index (χ0n) is 20.2. The van der Waals surface area contributed by atoms with E-state index in [4.69, 9.17) is 4.74 Å². The van der Waals surface area contributed by atoms with Crippen LogP contribution in [0.1, 0.15) is 37.4 Å². The fourth-order valence-electron chi connectivity index (χ4n) is 4.91. The summed E-state index contributed by atoms with van der Waals surface area (Å²) in [4.78, 5) is 18.4. The Kier molecular flexibility index (Phi) is 12.8. The van der Waals surface area contributed by atoms with Gasteiger partial charge in [0.05, 0.1) is 22.9 Å². The molecule has 0 saturated carbocycles. The summed E-state index contributed by atoms with van der Waals surface area (Å²) in [6.07, 6.45) is 3.68. The molecular weight excluding hydrogens is 539 g/mol. The lowest BCUT2D eigenvalue weighted by Crippen LogP contribution is -2.42. The van der Waals surface area contributed by atoms with Crippen molar-refractivity contribution in [1.29, 1.82) is 0 Å². The summed E-state index contributed by atoms with van der Waals surface area (Å²) >= 11 is 3.63. The van der Waals surface area contributed by atoms with Crippen LogP contribution in [0.4, 0.5) is 0 Å².